The number of ether oxygens (including phenoxy) is 1. The van der Waals surface area contributed by atoms with E-state index in [2.05, 4.69) is 15.5 Å². The second-order valence-corrected chi connectivity index (χ2v) is 7.39. The lowest BCUT2D eigenvalue weighted by atomic mass is 9.96. The number of benzene rings is 2. The summed E-state index contributed by atoms with van der Waals surface area (Å²) in [7, 11) is 1.61. The van der Waals surface area contributed by atoms with Crippen molar-refractivity contribution in [3.8, 4) is 17.1 Å². The number of rotatable bonds is 6. The molecule has 4 rings (SSSR count). The molecule has 0 unspecified atom stereocenters. The normalized spacial score (nSPS) is 14.3. The molecule has 1 N–H and O–H groups in total. The number of nitrogens with zero attached hydrogens (tertiary/aromatic N) is 3. The van der Waals surface area contributed by atoms with Gasteiger partial charge in [-0.25, -0.2) is 0 Å². The number of carbonyl (C=O) groups is 2. The van der Waals surface area contributed by atoms with Crippen LogP contribution in [0.2, 0.25) is 0 Å². The Hall–Kier alpha value is -3.68. The fourth-order valence-corrected chi connectivity index (χ4v) is 3.62. The van der Waals surface area contributed by atoms with Gasteiger partial charge in [0.15, 0.2) is 0 Å². The third-order valence-electron chi connectivity index (χ3n) is 5.40. The highest BCUT2D eigenvalue weighted by Gasteiger charge is 2.27. The van der Waals surface area contributed by atoms with E-state index < -0.39 is 0 Å². The van der Waals surface area contributed by atoms with Crippen molar-refractivity contribution in [2.24, 2.45) is 0 Å². The Morgan fingerprint density at radius 2 is 1.90 bits per heavy atom. The van der Waals surface area contributed by atoms with E-state index in [4.69, 9.17) is 9.26 Å². The lowest BCUT2D eigenvalue weighted by molar-refractivity contribution is -0.131. The third kappa shape index (κ3) is 4.91. The Balaban J connectivity index is 1.29. The predicted molar refractivity (Wildman–Crippen MR) is 114 cm³/mol. The standard InChI is InChI=1S/C23H24N4O4/c1-30-19-9-5-8-18(14-19)21-25-23(31-26-21)17-10-12-27(13-11-17)20(28)15-24-22(29)16-6-3-2-4-7-16/h2-9,14,17H,10-13,15H2,1H3,(H,24,29). The molecule has 2 heterocycles. The summed E-state index contributed by atoms with van der Waals surface area (Å²) in [6.45, 7) is 1.15. The largest absolute Gasteiger partial charge is 0.497 e. The summed E-state index contributed by atoms with van der Waals surface area (Å²) in [5.74, 6) is 1.60. The molecular formula is C23H24N4O4. The maximum atomic E-state index is 12.5. The zero-order valence-electron chi connectivity index (χ0n) is 17.3. The first kappa shape index (κ1) is 20.6. The van der Waals surface area contributed by atoms with E-state index in [1.54, 1.807) is 36.3 Å². The van der Waals surface area contributed by atoms with Crippen LogP contribution in [-0.4, -0.2) is 53.6 Å². The van der Waals surface area contributed by atoms with Crippen LogP contribution >= 0.6 is 0 Å². The molecule has 160 valence electrons. The van der Waals surface area contributed by atoms with E-state index in [-0.39, 0.29) is 24.3 Å². The van der Waals surface area contributed by atoms with E-state index in [0.717, 1.165) is 24.2 Å². The van der Waals surface area contributed by atoms with Crippen molar-refractivity contribution < 1.29 is 18.8 Å². The summed E-state index contributed by atoms with van der Waals surface area (Å²) in [4.78, 5) is 30.9. The molecule has 2 amide bonds. The average molecular weight is 420 g/mol. The number of likely N-dealkylation sites (tertiary alicyclic amines) is 1. The number of methoxy groups -OCH3 is 1. The molecular weight excluding hydrogens is 396 g/mol. The van der Waals surface area contributed by atoms with Gasteiger partial charge in [-0.1, -0.05) is 35.5 Å². The van der Waals surface area contributed by atoms with Gasteiger partial charge in [0.05, 0.1) is 13.7 Å². The maximum Gasteiger partial charge on any atom is 0.251 e. The summed E-state index contributed by atoms with van der Waals surface area (Å²) in [6.07, 6.45) is 1.47. The van der Waals surface area contributed by atoms with E-state index in [0.29, 0.717) is 30.4 Å². The first-order valence-electron chi connectivity index (χ1n) is 10.2. The minimum absolute atomic E-state index is 0.0149. The van der Waals surface area contributed by atoms with E-state index >= 15 is 0 Å². The lowest BCUT2D eigenvalue weighted by Crippen LogP contribution is -2.43. The number of nitrogens with one attached hydrogen (secondary N) is 1. The molecule has 1 fully saturated rings. The summed E-state index contributed by atoms with van der Waals surface area (Å²) in [5, 5.41) is 6.79. The minimum atomic E-state index is -0.250. The molecule has 0 atom stereocenters. The van der Waals surface area contributed by atoms with Crippen LogP contribution in [0.15, 0.2) is 59.1 Å². The van der Waals surface area contributed by atoms with Crippen molar-refractivity contribution in [2.45, 2.75) is 18.8 Å². The molecule has 1 aliphatic heterocycles. The highest BCUT2D eigenvalue weighted by atomic mass is 16.5. The summed E-state index contributed by atoms with van der Waals surface area (Å²) < 4.78 is 10.7. The molecule has 1 saturated heterocycles. The third-order valence-corrected chi connectivity index (χ3v) is 5.40. The van der Waals surface area contributed by atoms with Crippen LogP contribution in [0.5, 0.6) is 5.75 Å². The fraction of sp³-hybridized carbons (Fsp3) is 0.304. The molecule has 2 aromatic carbocycles. The van der Waals surface area contributed by atoms with Gasteiger partial charge in [0, 0.05) is 30.1 Å². The highest BCUT2D eigenvalue weighted by molar-refractivity contribution is 5.96. The van der Waals surface area contributed by atoms with Gasteiger partial charge < -0.3 is 19.5 Å². The van der Waals surface area contributed by atoms with Crippen molar-refractivity contribution >= 4 is 11.8 Å². The van der Waals surface area contributed by atoms with Gasteiger partial charge >= 0.3 is 0 Å². The van der Waals surface area contributed by atoms with Crippen molar-refractivity contribution in [3.05, 3.63) is 66.1 Å². The van der Waals surface area contributed by atoms with E-state index in [1.807, 2.05) is 30.3 Å². The Morgan fingerprint density at radius 1 is 1.13 bits per heavy atom. The molecule has 8 heteroatoms. The molecule has 1 aromatic heterocycles. The van der Waals surface area contributed by atoms with Gasteiger partial charge in [0.1, 0.15) is 5.75 Å². The fourth-order valence-electron chi connectivity index (χ4n) is 3.62. The molecule has 0 saturated carbocycles. The summed E-state index contributed by atoms with van der Waals surface area (Å²) >= 11 is 0. The maximum absolute atomic E-state index is 12.5. The zero-order valence-corrected chi connectivity index (χ0v) is 17.3. The van der Waals surface area contributed by atoms with Crippen LogP contribution in [0.4, 0.5) is 0 Å². The van der Waals surface area contributed by atoms with Gasteiger partial charge in [-0.15, -0.1) is 0 Å². The lowest BCUT2D eigenvalue weighted by Gasteiger charge is -2.30. The second kappa shape index (κ2) is 9.42. The molecule has 8 nitrogen and oxygen atoms in total. The Kier molecular flexibility index (Phi) is 6.26. The molecule has 0 aliphatic carbocycles. The van der Waals surface area contributed by atoms with Crippen molar-refractivity contribution in [3.63, 3.8) is 0 Å². The van der Waals surface area contributed by atoms with Crippen molar-refractivity contribution in [2.75, 3.05) is 26.7 Å². The van der Waals surface area contributed by atoms with Gasteiger partial charge in [-0.3, -0.25) is 9.59 Å². The van der Waals surface area contributed by atoms with Crippen molar-refractivity contribution in [1.82, 2.24) is 20.4 Å². The molecule has 1 aliphatic rings. The second-order valence-electron chi connectivity index (χ2n) is 7.39. The number of hydrogen-bond donors (Lipinski definition) is 1. The quantitative estimate of drug-likeness (QED) is 0.659. The van der Waals surface area contributed by atoms with Crippen molar-refractivity contribution in [1.29, 1.82) is 0 Å². The molecule has 0 bridgehead atoms. The number of aromatic nitrogens is 2. The minimum Gasteiger partial charge on any atom is -0.497 e. The van der Waals surface area contributed by atoms with E-state index in [1.165, 1.54) is 0 Å². The van der Waals surface area contributed by atoms with Crippen LogP contribution in [0.1, 0.15) is 35.0 Å². The van der Waals surface area contributed by atoms with Crippen LogP contribution in [0, 0.1) is 0 Å². The Bertz CT molecular complexity index is 1040. The van der Waals surface area contributed by atoms with Gasteiger partial charge in [0.2, 0.25) is 17.6 Å². The average Bonchev–Trinajstić information content (AvgIpc) is 3.33. The summed E-state index contributed by atoms with van der Waals surface area (Å²) in [5.41, 5.74) is 1.37. The summed E-state index contributed by atoms with van der Waals surface area (Å²) in [6, 6.07) is 16.4. The topological polar surface area (TPSA) is 97.6 Å². The molecule has 0 spiro atoms. The highest BCUT2D eigenvalue weighted by Crippen LogP contribution is 2.29. The Labute approximate surface area is 180 Å². The molecule has 0 radical (unpaired) electrons. The number of hydrogen-bond acceptors (Lipinski definition) is 6. The first-order chi connectivity index (χ1) is 15.1. The first-order valence-corrected chi connectivity index (χ1v) is 10.2. The van der Waals surface area contributed by atoms with Crippen LogP contribution in [0.3, 0.4) is 0 Å². The predicted octanol–water partition coefficient (Wildman–Crippen LogP) is 2.88. The number of piperidine rings is 1. The Morgan fingerprint density at radius 3 is 2.65 bits per heavy atom. The monoisotopic (exact) mass is 420 g/mol. The molecule has 31 heavy (non-hydrogen) atoms. The van der Waals surface area contributed by atoms with Gasteiger partial charge in [-0.05, 0) is 37.1 Å². The smallest absolute Gasteiger partial charge is 0.251 e. The van der Waals surface area contributed by atoms with Gasteiger partial charge in [0.25, 0.3) is 5.91 Å². The zero-order chi connectivity index (χ0) is 21.6. The number of carbonyl (C=O) groups excluding carboxylic acids is 2. The van der Waals surface area contributed by atoms with E-state index in [9.17, 15) is 9.59 Å². The van der Waals surface area contributed by atoms with Crippen LogP contribution in [-0.2, 0) is 4.79 Å². The van der Waals surface area contributed by atoms with Crippen LogP contribution in [0.25, 0.3) is 11.4 Å². The van der Waals surface area contributed by atoms with Crippen LogP contribution < -0.4 is 10.1 Å². The molecule has 3 aromatic rings. The number of amides is 2. The van der Waals surface area contributed by atoms with Gasteiger partial charge in [-0.2, -0.15) is 4.98 Å². The SMILES string of the molecule is COc1cccc(-c2noc(C3CCN(C(=O)CNC(=O)c4ccccc4)CC3)n2)c1.